The van der Waals surface area contributed by atoms with Gasteiger partial charge in [0, 0.05) is 25.0 Å². The van der Waals surface area contributed by atoms with E-state index in [-0.39, 0.29) is 0 Å². The topological polar surface area (TPSA) is 42.2 Å². The van der Waals surface area contributed by atoms with E-state index in [4.69, 9.17) is 10.7 Å². The summed E-state index contributed by atoms with van der Waals surface area (Å²) in [4.78, 5) is 6.96. The summed E-state index contributed by atoms with van der Waals surface area (Å²) in [6.07, 6.45) is 2.61. The van der Waals surface area contributed by atoms with E-state index in [2.05, 4.69) is 36.2 Å². The van der Waals surface area contributed by atoms with E-state index in [9.17, 15) is 0 Å². The van der Waals surface area contributed by atoms with E-state index in [0.717, 1.165) is 17.3 Å². The normalized spacial score (nSPS) is 16.8. The zero-order chi connectivity index (χ0) is 12.5. The van der Waals surface area contributed by atoms with Crippen molar-refractivity contribution in [1.82, 2.24) is 4.98 Å². The van der Waals surface area contributed by atoms with Crippen molar-refractivity contribution in [2.75, 3.05) is 18.5 Å². The van der Waals surface area contributed by atoms with Crippen LogP contribution in [0.1, 0.15) is 12.8 Å². The molecule has 1 aromatic carbocycles. The molecule has 3 nitrogen and oxygen atoms in total. The first-order chi connectivity index (χ1) is 8.79. The molecule has 0 radical (unpaired) electrons. The van der Waals surface area contributed by atoms with Crippen molar-refractivity contribution in [2.24, 2.45) is 11.7 Å². The van der Waals surface area contributed by atoms with Crippen LogP contribution >= 0.6 is 0 Å². The van der Waals surface area contributed by atoms with Crippen molar-refractivity contribution in [3.63, 3.8) is 0 Å². The fraction of sp³-hybridized carbons (Fsp3) is 0.400. The smallest absolute Gasteiger partial charge is 0.129 e. The number of rotatable bonds is 4. The fourth-order valence-electron chi connectivity index (χ4n) is 2.57. The molecular weight excluding hydrogens is 222 g/mol. The van der Waals surface area contributed by atoms with Crippen molar-refractivity contribution in [2.45, 2.75) is 18.9 Å². The number of fused-ring (bicyclic) bond motifs is 1. The summed E-state index contributed by atoms with van der Waals surface area (Å²) in [6.45, 7) is 0.704. The molecule has 2 N–H and O–H groups in total. The van der Waals surface area contributed by atoms with E-state index in [0.29, 0.717) is 12.6 Å². The van der Waals surface area contributed by atoms with E-state index in [1.807, 2.05) is 12.1 Å². The molecule has 94 valence electrons. The van der Waals surface area contributed by atoms with Gasteiger partial charge >= 0.3 is 0 Å². The van der Waals surface area contributed by atoms with Gasteiger partial charge in [-0.3, -0.25) is 0 Å². The summed E-state index contributed by atoms with van der Waals surface area (Å²) >= 11 is 0. The third-order valence-electron chi connectivity index (χ3n) is 3.85. The Kier molecular flexibility index (Phi) is 2.92. The zero-order valence-corrected chi connectivity index (χ0v) is 10.7. The molecule has 3 heteroatoms. The van der Waals surface area contributed by atoms with Crippen LogP contribution in [0.4, 0.5) is 5.82 Å². The molecule has 0 bridgehead atoms. The van der Waals surface area contributed by atoms with Gasteiger partial charge in [0.25, 0.3) is 0 Å². The number of aromatic nitrogens is 1. The maximum atomic E-state index is 5.90. The Labute approximate surface area is 108 Å². The Hall–Kier alpha value is -1.61. The molecule has 1 unspecified atom stereocenters. The van der Waals surface area contributed by atoms with Gasteiger partial charge in [-0.25, -0.2) is 4.98 Å². The van der Waals surface area contributed by atoms with Gasteiger partial charge in [0.2, 0.25) is 0 Å². The molecule has 0 saturated heterocycles. The van der Waals surface area contributed by atoms with E-state index < -0.39 is 0 Å². The van der Waals surface area contributed by atoms with Crippen LogP contribution in [-0.2, 0) is 0 Å². The van der Waals surface area contributed by atoms with Crippen molar-refractivity contribution in [1.29, 1.82) is 0 Å². The Morgan fingerprint density at radius 1 is 1.28 bits per heavy atom. The number of benzene rings is 1. The van der Waals surface area contributed by atoms with Gasteiger partial charge in [0.1, 0.15) is 5.82 Å². The van der Waals surface area contributed by atoms with Crippen LogP contribution in [0.2, 0.25) is 0 Å². The lowest BCUT2D eigenvalue weighted by atomic mass is 10.1. The maximum Gasteiger partial charge on any atom is 0.129 e. The predicted molar refractivity (Wildman–Crippen MR) is 75.7 cm³/mol. The lowest BCUT2D eigenvalue weighted by Crippen LogP contribution is -2.40. The number of hydrogen-bond donors (Lipinski definition) is 1. The van der Waals surface area contributed by atoms with Crippen molar-refractivity contribution in [3.8, 4) is 0 Å². The molecule has 1 heterocycles. The lowest BCUT2D eigenvalue weighted by Gasteiger charge is -2.28. The molecule has 2 aromatic rings. The van der Waals surface area contributed by atoms with Gasteiger partial charge in [0.05, 0.1) is 5.52 Å². The Morgan fingerprint density at radius 3 is 2.78 bits per heavy atom. The summed E-state index contributed by atoms with van der Waals surface area (Å²) < 4.78 is 0. The average Bonchev–Trinajstić information content (AvgIpc) is 3.23. The first-order valence-corrected chi connectivity index (χ1v) is 6.58. The van der Waals surface area contributed by atoms with E-state index in [1.165, 1.54) is 18.2 Å². The second-order valence-corrected chi connectivity index (χ2v) is 5.11. The molecule has 1 atom stereocenters. The Morgan fingerprint density at radius 2 is 2.06 bits per heavy atom. The minimum atomic E-state index is 0.429. The standard InChI is InChI=1S/C15H19N3/c1-18(14(10-16)12-6-7-12)15-9-8-11-4-2-3-5-13(11)17-15/h2-5,8-9,12,14H,6-7,10,16H2,1H3. The SMILES string of the molecule is CN(c1ccc2ccccc2n1)C(CN)C1CC1. The van der Waals surface area contributed by atoms with Gasteiger partial charge in [-0.1, -0.05) is 18.2 Å². The minimum Gasteiger partial charge on any atom is -0.355 e. The number of nitrogens with two attached hydrogens (primary N) is 1. The third kappa shape index (κ3) is 2.06. The monoisotopic (exact) mass is 241 g/mol. The molecule has 18 heavy (non-hydrogen) atoms. The highest BCUT2D eigenvalue weighted by molar-refractivity contribution is 5.80. The predicted octanol–water partition coefficient (Wildman–Crippen LogP) is 2.41. The molecular formula is C15H19N3. The number of anilines is 1. The second kappa shape index (κ2) is 4.58. The van der Waals surface area contributed by atoms with Crippen molar-refractivity contribution < 1.29 is 0 Å². The van der Waals surface area contributed by atoms with Gasteiger partial charge in [0.15, 0.2) is 0 Å². The highest BCUT2D eigenvalue weighted by Gasteiger charge is 2.33. The van der Waals surface area contributed by atoms with Gasteiger partial charge in [-0.15, -0.1) is 0 Å². The Bertz CT molecular complexity index is 548. The summed E-state index contributed by atoms with van der Waals surface area (Å²) in [5.74, 6) is 1.78. The van der Waals surface area contributed by atoms with E-state index in [1.54, 1.807) is 0 Å². The zero-order valence-electron chi connectivity index (χ0n) is 10.7. The molecule has 1 aliphatic rings. The molecule has 3 rings (SSSR count). The van der Waals surface area contributed by atoms with Crippen LogP contribution in [-0.4, -0.2) is 24.6 Å². The number of nitrogens with zero attached hydrogens (tertiary/aromatic N) is 2. The highest BCUT2D eigenvalue weighted by Crippen LogP contribution is 2.35. The van der Waals surface area contributed by atoms with Crippen LogP contribution in [0.25, 0.3) is 10.9 Å². The van der Waals surface area contributed by atoms with Crippen molar-refractivity contribution >= 4 is 16.7 Å². The van der Waals surface area contributed by atoms with Crippen LogP contribution in [0, 0.1) is 5.92 Å². The molecule has 1 fully saturated rings. The van der Waals surface area contributed by atoms with E-state index >= 15 is 0 Å². The average molecular weight is 241 g/mol. The molecule has 1 aromatic heterocycles. The highest BCUT2D eigenvalue weighted by atomic mass is 15.2. The van der Waals surface area contributed by atoms with Gasteiger partial charge < -0.3 is 10.6 Å². The molecule has 0 spiro atoms. The summed E-state index contributed by atoms with van der Waals surface area (Å²) in [5, 5.41) is 1.19. The molecule has 1 saturated carbocycles. The minimum absolute atomic E-state index is 0.429. The fourth-order valence-corrected chi connectivity index (χ4v) is 2.57. The van der Waals surface area contributed by atoms with Gasteiger partial charge in [-0.2, -0.15) is 0 Å². The first kappa shape index (κ1) is 11.5. The number of para-hydroxylation sites is 1. The van der Waals surface area contributed by atoms with Crippen LogP contribution in [0.15, 0.2) is 36.4 Å². The largest absolute Gasteiger partial charge is 0.355 e. The number of pyridine rings is 1. The second-order valence-electron chi connectivity index (χ2n) is 5.11. The van der Waals surface area contributed by atoms with Crippen LogP contribution < -0.4 is 10.6 Å². The van der Waals surface area contributed by atoms with Crippen LogP contribution in [0.5, 0.6) is 0 Å². The maximum absolute atomic E-state index is 5.90. The number of likely N-dealkylation sites (N-methyl/N-ethyl adjacent to an activating group) is 1. The van der Waals surface area contributed by atoms with Crippen LogP contribution in [0.3, 0.4) is 0 Å². The number of hydrogen-bond acceptors (Lipinski definition) is 3. The Balaban J connectivity index is 1.92. The lowest BCUT2D eigenvalue weighted by molar-refractivity contribution is 0.567. The summed E-state index contributed by atoms with van der Waals surface area (Å²) in [7, 11) is 2.10. The molecule has 0 amide bonds. The quantitative estimate of drug-likeness (QED) is 0.893. The van der Waals surface area contributed by atoms with Crippen molar-refractivity contribution in [3.05, 3.63) is 36.4 Å². The summed E-state index contributed by atoms with van der Waals surface area (Å²) in [6, 6.07) is 12.9. The summed E-state index contributed by atoms with van der Waals surface area (Å²) in [5.41, 5.74) is 6.94. The molecule has 0 aliphatic heterocycles. The first-order valence-electron chi connectivity index (χ1n) is 6.58. The third-order valence-corrected chi connectivity index (χ3v) is 3.85. The van der Waals surface area contributed by atoms with Gasteiger partial charge in [-0.05, 0) is 37.0 Å². The molecule has 1 aliphatic carbocycles.